The molecule has 9 nitrogen and oxygen atoms in total. The molecule has 26 heavy (non-hydrogen) atoms. The summed E-state index contributed by atoms with van der Waals surface area (Å²) in [5, 5.41) is 6.01. The van der Waals surface area contributed by atoms with E-state index >= 15 is 0 Å². The van der Waals surface area contributed by atoms with Crippen LogP contribution in [-0.4, -0.2) is 86.5 Å². The van der Waals surface area contributed by atoms with Gasteiger partial charge < -0.3 is 29.9 Å². The monoisotopic (exact) mass is 371 g/mol. The number of alkyl carbamates (subject to hydrolysis) is 1. The van der Waals surface area contributed by atoms with E-state index in [4.69, 9.17) is 9.47 Å². The molecule has 1 aliphatic rings. The first-order chi connectivity index (χ1) is 12.3. The predicted molar refractivity (Wildman–Crippen MR) is 100 cm³/mol. The van der Waals surface area contributed by atoms with E-state index < -0.39 is 11.7 Å². The van der Waals surface area contributed by atoms with Gasteiger partial charge in [-0.05, 0) is 34.1 Å². The molecule has 1 saturated heterocycles. The van der Waals surface area contributed by atoms with Crippen LogP contribution in [0.4, 0.5) is 9.59 Å². The Morgan fingerprint density at radius 1 is 1.04 bits per heavy atom. The van der Waals surface area contributed by atoms with Crippen molar-refractivity contribution in [1.29, 1.82) is 0 Å². The molecule has 0 unspecified atom stereocenters. The lowest BCUT2D eigenvalue weighted by molar-refractivity contribution is 0.0527. The smallest absolute Gasteiger partial charge is 0.409 e. The van der Waals surface area contributed by atoms with Crippen molar-refractivity contribution in [3.8, 4) is 0 Å². The van der Waals surface area contributed by atoms with E-state index in [1.54, 1.807) is 18.9 Å². The van der Waals surface area contributed by atoms with Crippen molar-refractivity contribution >= 4 is 18.1 Å². The molecular formula is C17H33N5O4. The molecule has 0 bridgehead atoms. The zero-order valence-electron chi connectivity index (χ0n) is 16.6. The van der Waals surface area contributed by atoms with Gasteiger partial charge in [0.15, 0.2) is 5.96 Å². The van der Waals surface area contributed by atoms with E-state index in [1.807, 2.05) is 20.8 Å². The third-order valence-corrected chi connectivity index (χ3v) is 3.62. The fraction of sp³-hybridized carbons (Fsp3) is 0.824. The minimum atomic E-state index is -0.490. The van der Waals surface area contributed by atoms with Crippen LogP contribution in [0.1, 0.15) is 34.1 Å². The van der Waals surface area contributed by atoms with Crippen LogP contribution in [0.3, 0.4) is 0 Å². The summed E-state index contributed by atoms with van der Waals surface area (Å²) in [6.45, 7) is 11.5. The maximum atomic E-state index is 11.7. The van der Waals surface area contributed by atoms with E-state index in [-0.39, 0.29) is 6.09 Å². The number of aliphatic imine (C=N–C) groups is 1. The van der Waals surface area contributed by atoms with E-state index in [1.165, 1.54) is 0 Å². The topological polar surface area (TPSA) is 95.5 Å². The normalized spacial score (nSPS) is 15.5. The highest BCUT2D eigenvalue weighted by Crippen LogP contribution is 2.06. The second-order valence-electron chi connectivity index (χ2n) is 6.93. The van der Waals surface area contributed by atoms with Gasteiger partial charge >= 0.3 is 12.2 Å². The van der Waals surface area contributed by atoms with Crippen LogP contribution >= 0.6 is 0 Å². The zero-order valence-corrected chi connectivity index (χ0v) is 16.6. The second-order valence-corrected chi connectivity index (χ2v) is 6.93. The Hall–Kier alpha value is -2.19. The highest BCUT2D eigenvalue weighted by Gasteiger charge is 2.23. The molecule has 0 aliphatic carbocycles. The molecule has 1 heterocycles. The zero-order chi connectivity index (χ0) is 19.6. The summed E-state index contributed by atoms with van der Waals surface area (Å²) in [5.74, 6) is 0.797. The number of hydrogen-bond acceptors (Lipinski definition) is 5. The van der Waals surface area contributed by atoms with Crippen LogP contribution in [0.5, 0.6) is 0 Å². The van der Waals surface area contributed by atoms with Crippen LogP contribution in [0, 0.1) is 0 Å². The summed E-state index contributed by atoms with van der Waals surface area (Å²) in [7, 11) is 1.74. The average Bonchev–Trinajstić information content (AvgIpc) is 2.57. The fourth-order valence-corrected chi connectivity index (χ4v) is 2.44. The summed E-state index contributed by atoms with van der Waals surface area (Å²) in [5.41, 5.74) is -0.490. The van der Waals surface area contributed by atoms with E-state index in [9.17, 15) is 9.59 Å². The molecule has 0 saturated carbocycles. The Labute approximate surface area is 156 Å². The van der Waals surface area contributed by atoms with Gasteiger partial charge in [0.1, 0.15) is 5.60 Å². The number of nitrogens with zero attached hydrogens (tertiary/aromatic N) is 3. The van der Waals surface area contributed by atoms with Crippen molar-refractivity contribution < 1.29 is 19.1 Å². The molecule has 2 amide bonds. The molecule has 0 aromatic heterocycles. The standard InChI is InChI=1S/C17H33N5O4/c1-6-25-16(24)22-12-10-21(11-13-22)14(18-5)19-8-7-9-20-15(23)26-17(2,3)4/h6-13H2,1-5H3,(H,18,19)(H,20,23). The number of ether oxygens (including phenoxy) is 2. The third kappa shape index (κ3) is 8.26. The van der Waals surface area contributed by atoms with Crippen LogP contribution in [0.25, 0.3) is 0 Å². The lowest BCUT2D eigenvalue weighted by Gasteiger charge is -2.35. The first-order valence-corrected chi connectivity index (χ1v) is 9.11. The lowest BCUT2D eigenvalue weighted by Crippen LogP contribution is -2.54. The van der Waals surface area contributed by atoms with Crippen LogP contribution < -0.4 is 10.6 Å². The predicted octanol–water partition coefficient (Wildman–Crippen LogP) is 1.25. The van der Waals surface area contributed by atoms with Crippen molar-refractivity contribution in [3.05, 3.63) is 0 Å². The van der Waals surface area contributed by atoms with E-state index in [2.05, 4.69) is 20.5 Å². The van der Waals surface area contributed by atoms with E-state index in [0.717, 1.165) is 12.4 Å². The van der Waals surface area contributed by atoms with Crippen molar-refractivity contribution in [2.45, 2.75) is 39.7 Å². The van der Waals surface area contributed by atoms with Crippen LogP contribution in [0.2, 0.25) is 0 Å². The first-order valence-electron chi connectivity index (χ1n) is 9.11. The molecule has 1 rings (SSSR count). The van der Waals surface area contributed by atoms with Gasteiger partial charge in [-0.15, -0.1) is 0 Å². The summed E-state index contributed by atoms with van der Waals surface area (Å²) < 4.78 is 10.2. The van der Waals surface area contributed by atoms with Crippen molar-refractivity contribution in [2.24, 2.45) is 4.99 Å². The van der Waals surface area contributed by atoms with Gasteiger partial charge in [-0.3, -0.25) is 4.99 Å². The number of carbonyl (C=O) groups is 2. The van der Waals surface area contributed by atoms with Gasteiger partial charge in [0.05, 0.1) is 6.61 Å². The number of nitrogens with one attached hydrogen (secondary N) is 2. The minimum absolute atomic E-state index is 0.261. The summed E-state index contributed by atoms with van der Waals surface area (Å²) in [6, 6.07) is 0. The van der Waals surface area contributed by atoms with Crippen molar-refractivity contribution in [1.82, 2.24) is 20.4 Å². The highest BCUT2D eigenvalue weighted by atomic mass is 16.6. The number of guanidine groups is 1. The van der Waals surface area contributed by atoms with Crippen molar-refractivity contribution in [3.63, 3.8) is 0 Å². The highest BCUT2D eigenvalue weighted by molar-refractivity contribution is 5.80. The first kappa shape index (κ1) is 21.9. The molecule has 9 heteroatoms. The molecule has 0 atom stereocenters. The number of hydrogen-bond donors (Lipinski definition) is 2. The Bertz CT molecular complexity index is 482. The molecule has 1 fully saturated rings. The Kier molecular flexibility index (Phi) is 9.01. The third-order valence-electron chi connectivity index (χ3n) is 3.62. The maximum Gasteiger partial charge on any atom is 0.409 e. The average molecular weight is 371 g/mol. The Morgan fingerprint density at radius 2 is 1.62 bits per heavy atom. The van der Waals surface area contributed by atoms with Gasteiger partial charge in [-0.1, -0.05) is 0 Å². The Morgan fingerprint density at radius 3 is 2.15 bits per heavy atom. The van der Waals surface area contributed by atoms with Crippen molar-refractivity contribution in [2.75, 3.05) is 52.9 Å². The molecule has 150 valence electrons. The lowest BCUT2D eigenvalue weighted by atomic mass is 10.2. The quantitative estimate of drug-likeness (QED) is 0.429. The largest absolute Gasteiger partial charge is 0.450 e. The fourth-order valence-electron chi connectivity index (χ4n) is 2.44. The summed E-state index contributed by atoms with van der Waals surface area (Å²) in [6.07, 6.45) is 0.0846. The maximum absolute atomic E-state index is 11.7. The second kappa shape index (κ2) is 10.7. The number of amides is 2. The molecule has 0 radical (unpaired) electrons. The van der Waals surface area contributed by atoms with Gasteiger partial charge in [-0.2, -0.15) is 0 Å². The number of piperazine rings is 1. The Balaban J connectivity index is 2.24. The number of rotatable bonds is 5. The molecule has 1 aliphatic heterocycles. The summed E-state index contributed by atoms with van der Waals surface area (Å²) >= 11 is 0. The molecule has 2 N–H and O–H groups in total. The summed E-state index contributed by atoms with van der Waals surface area (Å²) in [4.78, 5) is 31.4. The van der Waals surface area contributed by atoms with Gasteiger partial charge in [0.2, 0.25) is 0 Å². The van der Waals surface area contributed by atoms with E-state index in [0.29, 0.717) is 45.9 Å². The van der Waals surface area contributed by atoms with Crippen LogP contribution in [-0.2, 0) is 9.47 Å². The van der Waals surface area contributed by atoms with Gasteiger partial charge in [0.25, 0.3) is 0 Å². The SMILES string of the molecule is CCOC(=O)N1CCN(C(=NC)NCCCNC(=O)OC(C)(C)C)CC1. The van der Waals surface area contributed by atoms with Crippen LogP contribution in [0.15, 0.2) is 4.99 Å². The van der Waals surface area contributed by atoms with Gasteiger partial charge in [-0.25, -0.2) is 9.59 Å². The molecule has 0 aromatic carbocycles. The molecule has 0 spiro atoms. The van der Waals surface area contributed by atoms with Gasteiger partial charge in [0, 0.05) is 46.3 Å². The minimum Gasteiger partial charge on any atom is -0.450 e. The number of carbonyl (C=O) groups excluding carboxylic acids is 2. The molecular weight excluding hydrogens is 338 g/mol. The molecule has 0 aromatic rings.